The van der Waals surface area contributed by atoms with Gasteiger partial charge in [-0.1, -0.05) is 25.5 Å². The Morgan fingerprint density at radius 2 is 1.56 bits per heavy atom. The summed E-state index contributed by atoms with van der Waals surface area (Å²) in [6, 6.07) is 14.0. The molecule has 0 heterocycles. The molecule has 34 heavy (non-hydrogen) atoms. The van der Waals surface area contributed by atoms with E-state index in [1.165, 1.54) is 0 Å². The Kier molecular flexibility index (Phi) is 10.5. The van der Waals surface area contributed by atoms with Crippen LogP contribution in [0.5, 0.6) is 23.0 Å². The van der Waals surface area contributed by atoms with Crippen LogP contribution in [0.2, 0.25) is 0 Å². The number of benzene rings is 2. The number of hydrogen-bond acceptors (Lipinski definition) is 6. The summed E-state index contributed by atoms with van der Waals surface area (Å²) in [4.78, 5) is 11.3. The van der Waals surface area contributed by atoms with E-state index in [4.69, 9.17) is 18.9 Å². The second kappa shape index (κ2) is 13.3. The van der Waals surface area contributed by atoms with Crippen molar-refractivity contribution in [1.82, 2.24) is 5.32 Å². The zero-order chi connectivity index (χ0) is 25.0. The standard InChI is InChI=1S/C27H36N2O5/c1-6-13-27(18-28,21-10-12-24(32-3)26(17-21)34-5)14-7-8-22(29-19-30)15-20-9-11-23(31-2)25(16-20)33-4/h9-12,16-17,19,22H,6-8,13-15H2,1-5H3,(H,29,30)/t22-,27+/m0/s1. The van der Waals surface area contributed by atoms with Crippen LogP contribution in [-0.4, -0.2) is 40.9 Å². The molecule has 2 rings (SSSR count). The van der Waals surface area contributed by atoms with Crippen LogP contribution < -0.4 is 24.3 Å². The maximum Gasteiger partial charge on any atom is 0.207 e. The van der Waals surface area contributed by atoms with E-state index < -0.39 is 5.41 Å². The van der Waals surface area contributed by atoms with Crippen molar-refractivity contribution in [3.8, 4) is 29.1 Å². The normalized spacial score (nSPS) is 13.2. The third-order valence-electron chi connectivity index (χ3n) is 6.22. The second-order valence-electron chi connectivity index (χ2n) is 8.28. The van der Waals surface area contributed by atoms with Gasteiger partial charge >= 0.3 is 0 Å². The fraction of sp³-hybridized carbons (Fsp3) is 0.481. The first-order chi connectivity index (χ1) is 16.5. The predicted molar refractivity (Wildman–Crippen MR) is 132 cm³/mol. The molecule has 0 aliphatic carbocycles. The van der Waals surface area contributed by atoms with Crippen LogP contribution in [0.1, 0.15) is 50.2 Å². The molecule has 0 aliphatic heterocycles. The van der Waals surface area contributed by atoms with E-state index in [2.05, 4.69) is 18.3 Å². The Balaban J connectivity index is 2.17. The van der Waals surface area contributed by atoms with Gasteiger partial charge in [0.05, 0.1) is 39.9 Å². The molecule has 2 atom stereocenters. The van der Waals surface area contributed by atoms with Crippen molar-refractivity contribution in [3.05, 3.63) is 47.5 Å². The number of methoxy groups -OCH3 is 4. The van der Waals surface area contributed by atoms with Crippen molar-refractivity contribution < 1.29 is 23.7 Å². The summed E-state index contributed by atoms with van der Waals surface area (Å²) >= 11 is 0. The van der Waals surface area contributed by atoms with Crippen LogP contribution in [0.25, 0.3) is 0 Å². The van der Waals surface area contributed by atoms with E-state index in [0.717, 1.165) is 43.2 Å². The van der Waals surface area contributed by atoms with Gasteiger partial charge in [-0.2, -0.15) is 5.26 Å². The molecule has 1 N–H and O–H groups in total. The van der Waals surface area contributed by atoms with Crippen molar-refractivity contribution in [2.45, 2.75) is 56.9 Å². The smallest absolute Gasteiger partial charge is 0.207 e. The van der Waals surface area contributed by atoms with Gasteiger partial charge in [0, 0.05) is 6.04 Å². The third-order valence-corrected chi connectivity index (χ3v) is 6.22. The predicted octanol–water partition coefficient (Wildman–Crippen LogP) is 4.81. The van der Waals surface area contributed by atoms with Gasteiger partial charge in [-0.25, -0.2) is 0 Å². The van der Waals surface area contributed by atoms with Crippen molar-refractivity contribution in [1.29, 1.82) is 5.26 Å². The van der Waals surface area contributed by atoms with Gasteiger partial charge in [-0.3, -0.25) is 4.79 Å². The number of nitriles is 1. The summed E-state index contributed by atoms with van der Waals surface area (Å²) in [5, 5.41) is 13.2. The molecule has 0 saturated heterocycles. The molecule has 184 valence electrons. The molecule has 0 bridgehead atoms. The molecule has 0 radical (unpaired) electrons. The van der Waals surface area contributed by atoms with Crippen LogP contribution >= 0.6 is 0 Å². The number of rotatable bonds is 15. The molecule has 0 spiro atoms. The molecule has 0 fully saturated rings. The SMILES string of the molecule is CCC[C@](C#N)(CCC[C@@H](Cc1ccc(OC)c(OC)c1)NC=O)c1ccc(OC)c(OC)c1. The average molecular weight is 469 g/mol. The zero-order valence-corrected chi connectivity index (χ0v) is 20.8. The molecule has 0 saturated carbocycles. The van der Waals surface area contributed by atoms with E-state index in [1.54, 1.807) is 28.4 Å². The second-order valence-corrected chi connectivity index (χ2v) is 8.28. The zero-order valence-electron chi connectivity index (χ0n) is 20.8. The van der Waals surface area contributed by atoms with Gasteiger partial charge in [-0.05, 0) is 67.5 Å². The lowest BCUT2D eigenvalue weighted by atomic mass is 9.74. The lowest BCUT2D eigenvalue weighted by Crippen LogP contribution is -2.31. The van der Waals surface area contributed by atoms with E-state index in [-0.39, 0.29) is 6.04 Å². The minimum Gasteiger partial charge on any atom is -0.493 e. The number of hydrogen-bond donors (Lipinski definition) is 1. The molecule has 0 unspecified atom stereocenters. The maximum atomic E-state index is 11.3. The number of ether oxygens (including phenoxy) is 4. The van der Waals surface area contributed by atoms with Gasteiger partial charge < -0.3 is 24.3 Å². The van der Waals surface area contributed by atoms with E-state index in [1.807, 2.05) is 36.4 Å². The average Bonchev–Trinajstić information content (AvgIpc) is 2.87. The van der Waals surface area contributed by atoms with Crippen LogP contribution in [0.15, 0.2) is 36.4 Å². The highest BCUT2D eigenvalue weighted by Gasteiger charge is 2.32. The van der Waals surface area contributed by atoms with Crippen LogP contribution in [-0.2, 0) is 16.6 Å². The van der Waals surface area contributed by atoms with E-state index >= 15 is 0 Å². The Morgan fingerprint density at radius 3 is 2.12 bits per heavy atom. The molecule has 0 aromatic heterocycles. The number of nitrogens with one attached hydrogen (secondary N) is 1. The summed E-state index contributed by atoms with van der Waals surface area (Å²) in [6.45, 7) is 2.08. The molecule has 1 amide bonds. The Bertz CT molecular complexity index is 972. The van der Waals surface area contributed by atoms with Crippen molar-refractivity contribution >= 4 is 6.41 Å². The van der Waals surface area contributed by atoms with E-state index in [0.29, 0.717) is 35.8 Å². The first-order valence-electron chi connectivity index (χ1n) is 11.5. The molecule has 2 aromatic carbocycles. The molecule has 0 aliphatic rings. The molecular weight excluding hydrogens is 432 g/mol. The van der Waals surface area contributed by atoms with Gasteiger partial charge in [0.15, 0.2) is 23.0 Å². The minimum atomic E-state index is -0.636. The quantitative estimate of drug-likeness (QED) is 0.377. The van der Waals surface area contributed by atoms with Gasteiger partial charge in [0.25, 0.3) is 0 Å². The molecular formula is C27H36N2O5. The summed E-state index contributed by atoms with van der Waals surface area (Å²) in [6.07, 6.45) is 5.21. The number of carbonyl (C=O) groups excluding carboxylic acids is 1. The van der Waals surface area contributed by atoms with Crippen molar-refractivity contribution in [3.63, 3.8) is 0 Å². The lowest BCUT2D eigenvalue weighted by Gasteiger charge is -2.28. The van der Waals surface area contributed by atoms with Crippen molar-refractivity contribution in [2.75, 3.05) is 28.4 Å². The summed E-state index contributed by atoms with van der Waals surface area (Å²) < 4.78 is 21.5. The van der Waals surface area contributed by atoms with Crippen molar-refractivity contribution in [2.24, 2.45) is 0 Å². The number of nitrogens with zero attached hydrogens (tertiary/aromatic N) is 1. The fourth-order valence-electron chi connectivity index (χ4n) is 4.43. The summed E-state index contributed by atoms with van der Waals surface area (Å²) in [7, 11) is 6.40. The minimum absolute atomic E-state index is 0.0565. The van der Waals surface area contributed by atoms with Gasteiger partial charge in [-0.15, -0.1) is 0 Å². The van der Waals surface area contributed by atoms with E-state index in [9.17, 15) is 10.1 Å². The maximum absolute atomic E-state index is 11.3. The summed E-state index contributed by atoms with van der Waals surface area (Å²) in [5.74, 6) is 2.58. The fourth-order valence-corrected chi connectivity index (χ4v) is 4.43. The topological polar surface area (TPSA) is 89.8 Å². The number of carbonyl (C=O) groups is 1. The summed E-state index contributed by atoms with van der Waals surface area (Å²) in [5.41, 5.74) is 1.33. The lowest BCUT2D eigenvalue weighted by molar-refractivity contribution is -0.110. The monoisotopic (exact) mass is 468 g/mol. The van der Waals surface area contributed by atoms with Crippen LogP contribution in [0, 0.1) is 11.3 Å². The van der Waals surface area contributed by atoms with Crippen LogP contribution in [0.4, 0.5) is 0 Å². The first kappa shape index (κ1) is 26.8. The Morgan fingerprint density at radius 1 is 0.941 bits per heavy atom. The Labute approximate surface area is 203 Å². The molecule has 7 nitrogen and oxygen atoms in total. The first-order valence-corrected chi connectivity index (χ1v) is 11.5. The number of amides is 1. The highest BCUT2D eigenvalue weighted by atomic mass is 16.5. The molecule has 7 heteroatoms. The van der Waals surface area contributed by atoms with Gasteiger partial charge in [0.1, 0.15) is 0 Å². The van der Waals surface area contributed by atoms with Gasteiger partial charge in [0.2, 0.25) is 6.41 Å². The largest absolute Gasteiger partial charge is 0.493 e. The third kappa shape index (κ3) is 6.57. The van der Waals surface area contributed by atoms with Crippen LogP contribution in [0.3, 0.4) is 0 Å². The highest BCUT2D eigenvalue weighted by molar-refractivity contribution is 5.48. The molecule has 2 aromatic rings. The highest BCUT2D eigenvalue weighted by Crippen LogP contribution is 2.39. The Hall–Kier alpha value is -3.40.